The highest BCUT2D eigenvalue weighted by molar-refractivity contribution is 5.99. The first-order valence-corrected chi connectivity index (χ1v) is 4.56. The van der Waals surface area contributed by atoms with Gasteiger partial charge in [0.25, 0.3) is 0 Å². The van der Waals surface area contributed by atoms with Crippen molar-refractivity contribution in [3.8, 4) is 0 Å². The van der Waals surface area contributed by atoms with Crippen LogP contribution in [0.1, 0.15) is 24.2 Å². The molecule has 14 heavy (non-hydrogen) atoms. The Labute approximate surface area is 82.8 Å². The predicted octanol–water partition coefficient (Wildman–Crippen LogP) is 1.44. The highest BCUT2D eigenvalue weighted by atomic mass is 16.1. The molecular weight excluding hydrogens is 178 g/mol. The van der Waals surface area contributed by atoms with Crippen molar-refractivity contribution in [3.05, 3.63) is 23.5 Å². The molecule has 0 saturated carbocycles. The first-order valence-electron chi connectivity index (χ1n) is 4.56. The standard InChI is InChI=1S/C10H13N3O/c1-7-5-12(3)10-9(8(2)14)4-11-13(10)6-7/h4-5H,6H2,1-3H3. The molecule has 0 N–H and O–H groups in total. The van der Waals surface area contributed by atoms with Gasteiger partial charge in [-0.05, 0) is 19.4 Å². The van der Waals surface area contributed by atoms with Gasteiger partial charge in [0.05, 0.1) is 18.3 Å². The molecule has 1 aromatic heterocycles. The minimum Gasteiger partial charge on any atom is -0.336 e. The van der Waals surface area contributed by atoms with E-state index in [1.54, 1.807) is 13.1 Å². The smallest absolute Gasteiger partial charge is 0.165 e. The third kappa shape index (κ3) is 1.23. The largest absolute Gasteiger partial charge is 0.336 e. The molecule has 4 nitrogen and oxygen atoms in total. The number of Topliss-reactive ketones (excluding diaryl/α,β-unsaturated/α-hetero) is 1. The maximum absolute atomic E-state index is 11.3. The number of hydrogen-bond donors (Lipinski definition) is 0. The summed E-state index contributed by atoms with van der Waals surface area (Å²) in [6.07, 6.45) is 3.67. The van der Waals surface area contributed by atoms with E-state index in [1.165, 1.54) is 5.57 Å². The summed E-state index contributed by atoms with van der Waals surface area (Å²) in [4.78, 5) is 13.3. The van der Waals surface area contributed by atoms with Crippen molar-refractivity contribution in [2.45, 2.75) is 20.4 Å². The van der Waals surface area contributed by atoms with E-state index in [1.807, 2.05) is 22.8 Å². The summed E-state index contributed by atoms with van der Waals surface area (Å²) in [5.74, 6) is 0.953. The number of allylic oxidation sites excluding steroid dienone is 1. The van der Waals surface area contributed by atoms with E-state index in [-0.39, 0.29) is 5.78 Å². The topological polar surface area (TPSA) is 38.1 Å². The Morgan fingerprint density at radius 1 is 1.57 bits per heavy atom. The fourth-order valence-electron chi connectivity index (χ4n) is 1.78. The maximum Gasteiger partial charge on any atom is 0.165 e. The van der Waals surface area contributed by atoms with Crippen LogP contribution in [0.15, 0.2) is 18.0 Å². The first-order chi connectivity index (χ1) is 6.59. The number of rotatable bonds is 1. The van der Waals surface area contributed by atoms with Gasteiger partial charge in [0.2, 0.25) is 0 Å². The Kier molecular flexibility index (Phi) is 1.91. The van der Waals surface area contributed by atoms with Gasteiger partial charge in [-0.3, -0.25) is 4.79 Å². The molecule has 0 bridgehead atoms. The van der Waals surface area contributed by atoms with Crippen molar-refractivity contribution >= 4 is 11.6 Å². The number of ketones is 1. The molecule has 1 aliphatic heterocycles. The van der Waals surface area contributed by atoms with Crippen molar-refractivity contribution in [3.63, 3.8) is 0 Å². The molecule has 0 atom stereocenters. The van der Waals surface area contributed by atoms with Crippen molar-refractivity contribution in [2.24, 2.45) is 0 Å². The molecule has 1 aliphatic rings. The van der Waals surface area contributed by atoms with E-state index in [9.17, 15) is 4.79 Å². The fourth-order valence-corrected chi connectivity index (χ4v) is 1.78. The van der Waals surface area contributed by atoms with Crippen molar-refractivity contribution in [1.82, 2.24) is 9.78 Å². The van der Waals surface area contributed by atoms with Crippen LogP contribution >= 0.6 is 0 Å². The summed E-state index contributed by atoms with van der Waals surface area (Å²) < 4.78 is 1.85. The van der Waals surface area contributed by atoms with Crippen LogP contribution < -0.4 is 4.90 Å². The lowest BCUT2D eigenvalue weighted by Crippen LogP contribution is -2.22. The third-order valence-corrected chi connectivity index (χ3v) is 2.34. The highest BCUT2D eigenvalue weighted by Crippen LogP contribution is 2.25. The number of carbonyl (C=O) groups is 1. The van der Waals surface area contributed by atoms with E-state index in [0.29, 0.717) is 5.56 Å². The second-order valence-corrected chi connectivity index (χ2v) is 3.68. The predicted molar refractivity (Wildman–Crippen MR) is 54.4 cm³/mol. The van der Waals surface area contributed by atoms with E-state index in [4.69, 9.17) is 0 Å². The summed E-state index contributed by atoms with van der Waals surface area (Å²) in [6.45, 7) is 4.39. The van der Waals surface area contributed by atoms with E-state index in [2.05, 4.69) is 12.0 Å². The summed E-state index contributed by atoms with van der Waals surface area (Å²) in [5.41, 5.74) is 1.93. The Bertz CT molecular complexity index is 417. The second-order valence-electron chi connectivity index (χ2n) is 3.68. The molecule has 0 unspecified atom stereocenters. The lowest BCUT2D eigenvalue weighted by Gasteiger charge is -2.23. The minimum atomic E-state index is 0.0612. The number of carbonyl (C=O) groups excluding carboxylic acids is 1. The van der Waals surface area contributed by atoms with Crippen LogP contribution in [0.2, 0.25) is 0 Å². The number of anilines is 1. The SMILES string of the molecule is CC(=O)c1cnn2c1N(C)C=C(C)C2. The van der Waals surface area contributed by atoms with E-state index < -0.39 is 0 Å². The molecule has 0 fully saturated rings. The Hall–Kier alpha value is -1.58. The van der Waals surface area contributed by atoms with Gasteiger partial charge >= 0.3 is 0 Å². The van der Waals surface area contributed by atoms with Crippen LogP contribution in [0.4, 0.5) is 5.82 Å². The van der Waals surface area contributed by atoms with Crippen LogP contribution in [0.5, 0.6) is 0 Å². The van der Waals surface area contributed by atoms with Gasteiger partial charge in [-0.2, -0.15) is 5.10 Å². The normalized spacial score (nSPS) is 15.1. The molecule has 0 amide bonds. The van der Waals surface area contributed by atoms with Gasteiger partial charge in [-0.25, -0.2) is 4.68 Å². The molecule has 0 spiro atoms. The zero-order valence-electron chi connectivity index (χ0n) is 8.61. The molecule has 4 heteroatoms. The zero-order chi connectivity index (χ0) is 10.3. The maximum atomic E-state index is 11.3. The van der Waals surface area contributed by atoms with Crippen molar-refractivity contribution in [2.75, 3.05) is 11.9 Å². The lowest BCUT2D eigenvalue weighted by atomic mass is 10.2. The lowest BCUT2D eigenvalue weighted by molar-refractivity contribution is 0.101. The molecule has 0 aromatic carbocycles. The fraction of sp³-hybridized carbons (Fsp3) is 0.400. The molecule has 0 saturated heterocycles. The molecule has 2 heterocycles. The molecule has 2 rings (SSSR count). The first kappa shape index (κ1) is 8.99. The van der Waals surface area contributed by atoms with Gasteiger partial charge in [0, 0.05) is 13.2 Å². The Balaban J connectivity index is 2.52. The quantitative estimate of drug-likeness (QED) is 0.630. The van der Waals surface area contributed by atoms with Crippen LogP contribution in [-0.4, -0.2) is 22.6 Å². The average molecular weight is 191 g/mol. The summed E-state index contributed by atoms with van der Waals surface area (Å²) in [5, 5.41) is 4.19. The van der Waals surface area contributed by atoms with E-state index >= 15 is 0 Å². The monoisotopic (exact) mass is 191 g/mol. The Morgan fingerprint density at radius 3 is 2.93 bits per heavy atom. The number of fused-ring (bicyclic) bond motifs is 1. The van der Waals surface area contributed by atoms with Gasteiger partial charge in [-0.1, -0.05) is 0 Å². The second kappa shape index (κ2) is 2.97. The zero-order valence-corrected chi connectivity index (χ0v) is 8.61. The number of aromatic nitrogens is 2. The summed E-state index contributed by atoms with van der Waals surface area (Å²) in [6, 6.07) is 0. The highest BCUT2D eigenvalue weighted by Gasteiger charge is 2.20. The van der Waals surface area contributed by atoms with Gasteiger partial charge < -0.3 is 4.90 Å². The van der Waals surface area contributed by atoms with Crippen molar-refractivity contribution in [1.29, 1.82) is 0 Å². The summed E-state index contributed by atoms with van der Waals surface area (Å²) >= 11 is 0. The van der Waals surface area contributed by atoms with Gasteiger partial charge in [0.1, 0.15) is 5.82 Å². The van der Waals surface area contributed by atoms with Crippen LogP contribution in [0, 0.1) is 0 Å². The molecule has 0 radical (unpaired) electrons. The van der Waals surface area contributed by atoms with Crippen LogP contribution in [0.3, 0.4) is 0 Å². The third-order valence-electron chi connectivity index (χ3n) is 2.34. The van der Waals surface area contributed by atoms with Gasteiger partial charge in [-0.15, -0.1) is 0 Å². The molecule has 1 aromatic rings. The average Bonchev–Trinajstić information content (AvgIpc) is 2.47. The molecular formula is C10H13N3O. The van der Waals surface area contributed by atoms with Crippen LogP contribution in [0.25, 0.3) is 0 Å². The molecule has 0 aliphatic carbocycles. The van der Waals surface area contributed by atoms with E-state index in [0.717, 1.165) is 12.4 Å². The van der Waals surface area contributed by atoms with Crippen LogP contribution in [-0.2, 0) is 6.54 Å². The molecule has 74 valence electrons. The minimum absolute atomic E-state index is 0.0612. The number of hydrogen-bond acceptors (Lipinski definition) is 3. The van der Waals surface area contributed by atoms with Gasteiger partial charge in [0.15, 0.2) is 5.78 Å². The number of nitrogens with zero attached hydrogens (tertiary/aromatic N) is 3. The van der Waals surface area contributed by atoms with Crippen molar-refractivity contribution < 1.29 is 4.79 Å². The Morgan fingerprint density at radius 2 is 2.29 bits per heavy atom. The summed E-state index contributed by atoms with van der Waals surface area (Å²) in [7, 11) is 1.93.